The molecule has 0 spiro atoms. The highest BCUT2D eigenvalue weighted by Gasteiger charge is 2.22. The van der Waals surface area contributed by atoms with Crippen LogP contribution >= 0.6 is 11.3 Å². The molecule has 4 rings (SSSR count). The van der Waals surface area contributed by atoms with Gasteiger partial charge in [-0.3, -0.25) is 14.7 Å². The fourth-order valence-electron chi connectivity index (χ4n) is 3.07. The molecule has 0 fully saturated rings. The number of aryl methyl sites for hydroxylation is 1. The zero-order valence-corrected chi connectivity index (χ0v) is 14.3. The molecule has 0 unspecified atom stereocenters. The maximum absolute atomic E-state index is 12.5. The first kappa shape index (κ1) is 15.2. The third kappa shape index (κ3) is 2.90. The summed E-state index contributed by atoms with van der Waals surface area (Å²) in [5, 5.41) is 1.99. The van der Waals surface area contributed by atoms with Gasteiger partial charge in [-0.2, -0.15) is 0 Å². The molecular formula is C18H18N4OS. The van der Waals surface area contributed by atoms with Crippen LogP contribution < -0.4 is 5.56 Å². The van der Waals surface area contributed by atoms with Crippen LogP contribution in [0.5, 0.6) is 0 Å². The molecule has 0 atom stereocenters. The van der Waals surface area contributed by atoms with Crippen molar-refractivity contribution in [1.82, 2.24) is 19.9 Å². The fraction of sp³-hybridized carbons (Fsp3) is 0.278. The lowest BCUT2D eigenvalue weighted by Crippen LogP contribution is -2.35. The van der Waals surface area contributed by atoms with Gasteiger partial charge in [0.1, 0.15) is 0 Å². The molecule has 1 aliphatic heterocycles. The number of hydrogen-bond donors (Lipinski definition) is 1. The van der Waals surface area contributed by atoms with Crippen LogP contribution in [-0.2, 0) is 19.5 Å². The first-order valence-electron chi connectivity index (χ1n) is 7.99. The minimum atomic E-state index is -0.0176. The van der Waals surface area contributed by atoms with Crippen molar-refractivity contribution in [2.45, 2.75) is 26.4 Å². The van der Waals surface area contributed by atoms with Gasteiger partial charge in [0, 0.05) is 37.9 Å². The van der Waals surface area contributed by atoms with Crippen molar-refractivity contribution in [1.29, 1.82) is 0 Å². The number of H-pyrrole nitrogens is 1. The molecule has 0 saturated carbocycles. The molecule has 0 aliphatic carbocycles. The minimum Gasteiger partial charge on any atom is -0.306 e. The van der Waals surface area contributed by atoms with Crippen LogP contribution in [0.3, 0.4) is 0 Å². The second-order valence-electron chi connectivity index (χ2n) is 6.03. The summed E-state index contributed by atoms with van der Waals surface area (Å²) < 4.78 is 0. The third-order valence-electron chi connectivity index (χ3n) is 4.41. The molecule has 6 heteroatoms. The Morgan fingerprint density at radius 2 is 2.25 bits per heavy atom. The van der Waals surface area contributed by atoms with Crippen LogP contribution in [0.2, 0.25) is 0 Å². The van der Waals surface area contributed by atoms with E-state index in [0.717, 1.165) is 41.3 Å². The largest absolute Gasteiger partial charge is 0.306 e. The van der Waals surface area contributed by atoms with Crippen molar-refractivity contribution in [3.63, 3.8) is 0 Å². The smallest absolute Gasteiger partial charge is 0.255 e. The van der Waals surface area contributed by atoms with Gasteiger partial charge in [0.15, 0.2) is 5.82 Å². The molecular weight excluding hydrogens is 320 g/mol. The normalized spacial score (nSPS) is 14.5. The summed E-state index contributed by atoms with van der Waals surface area (Å²) in [5.74, 6) is 0.685. The summed E-state index contributed by atoms with van der Waals surface area (Å²) in [6, 6.07) is 8.01. The van der Waals surface area contributed by atoms with Crippen molar-refractivity contribution in [3.8, 4) is 10.7 Å². The Bertz CT molecular complexity index is 917. The molecule has 5 nitrogen and oxygen atoms in total. The molecule has 3 aromatic rings. The number of fused-ring (bicyclic) bond motifs is 1. The molecule has 24 heavy (non-hydrogen) atoms. The minimum absolute atomic E-state index is 0.0176. The van der Waals surface area contributed by atoms with Crippen molar-refractivity contribution >= 4 is 11.3 Å². The highest BCUT2D eigenvalue weighted by molar-refractivity contribution is 7.13. The van der Waals surface area contributed by atoms with Gasteiger partial charge in [-0.15, -0.1) is 11.3 Å². The Morgan fingerprint density at radius 1 is 1.33 bits per heavy atom. The highest BCUT2D eigenvalue weighted by Crippen LogP contribution is 2.23. The molecule has 0 amide bonds. The highest BCUT2D eigenvalue weighted by atomic mass is 32.1. The molecule has 4 heterocycles. The van der Waals surface area contributed by atoms with Crippen molar-refractivity contribution < 1.29 is 0 Å². The first-order chi connectivity index (χ1) is 11.7. The number of aromatic amines is 1. The zero-order valence-electron chi connectivity index (χ0n) is 13.5. The van der Waals surface area contributed by atoms with Crippen LogP contribution in [0.1, 0.15) is 22.5 Å². The lowest BCUT2D eigenvalue weighted by Gasteiger charge is -2.28. The molecule has 0 bridgehead atoms. The van der Waals surface area contributed by atoms with Crippen molar-refractivity contribution in [2.75, 3.05) is 6.54 Å². The van der Waals surface area contributed by atoms with E-state index in [1.807, 2.05) is 36.7 Å². The van der Waals surface area contributed by atoms with Gasteiger partial charge in [0.2, 0.25) is 0 Å². The number of nitrogens with one attached hydrogen (secondary N) is 1. The second-order valence-corrected chi connectivity index (χ2v) is 6.97. The lowest BCUT2D eigenvalue weighted by molar-refractivity contribution is 0.241. The van der Waals surface area contributed by atoms with E-state index in [0.29, 0.717) is 12.4 Å². The van der Waals surface area contributed by atoms with Crippen LogP contribution in [-0.4, -0.2) is 26.4 Å². The molecule has 0 saturated heterocycles. The van der Waals surface area contributed by atoms with Gasteiger partial charge in [-0.25, -0.2) is 4.98 Å². The first-order valence-corrected chi connectivity index (χ1v) is 8.87. The van der Waals surface area contributed by atoms with Crippen LogP contribution in [0, 0.1) is 6.92 Å². The summed E-state index contributed by atoms with van der Waals surface area (Å²) in [6.45, 7) is 4.37. The summed E-state index contributed by atoms with van der Waals surface area (Å²) in [4.78, 5) is 27.8. The van der Waals surface area contributed by atoms with Crippen molar-refractivity contribution in [3.05, 3.63) is 68.7 Å². The monoisotopic (exact) mass is 338 g/mol. The van der Waals surface area contributed by atoms with Gasteiger partial charge < -0.3 is 4.98 Å². The fourth-order valence-corrected chi connectivity index (χ4v) is 3.74. The lowest BCUT2D eigenvalue weighted by atomic mass is 10.1. The average Bonchev–Trinajstić information content (AvgIpc) is 3.12. The van der Waals surface area contributed by atoms with Gasteiger partial charge >= 0.3 is 0 Å². The maximum atomic E-state index is 12.5. The number of rotatable bonds is 3. The Hall–Kier alpha value is -2.31. The predicted octanol–water partition coefficient (Wildman–Crippen LogP) is 2.76. The van der Waals surface area contributed by atoms with E-state index < -0.39 is 0 Å². The van der Waals surface area contributed by atoms with Gasteiger partial charge in [-0.05, 0) is 30.0 Å². The van der Waals surface area contributed by atoms with Crippen LogP contribution in [0.25, 0.3) is 10.7 Å². The molecule has 122 valence electrons. The molecule has 0 radical (unpaired) electrons. The standard InChI is InChI=1S/C18H18N4OS/c1-12-13(4-2-7-19-12)10-22-8-6-15-14(11-22)18(23)21-17(20-15)16-5-3-9-24-16/h2-5,7,9H,6,8,10-11H2,1H3,(H,20,21,23). The zero-order chi connectivity index (χ0) is 16.5. The quantitative estimate of drug-likeness (QED) is 0.798. The third-order valence-corrected chi connectivity index (χ3v) is 5.29. The number of aromatic nitrogens is 3. The Morgan fingerprint density at radius 3 is 3.04 bits per heavy atom. The Kier molecular flexibility index (Phi) is 4.00. The average molecular weight is 338 g/mol. The van der Waals surface area contributed by atoms with E-state index in [9.17, 15) is 4.79 Å². The number of thiophene rings is 1. The number of hydrogen-bond acceptors (Lipinski definition) is 5. The Labute approximate surface area is 144 Å². The topological polar surface area (TPSA) is 61.9 Å². The van der Waals surface area contributed by atoms with Gasteiger partial charge in [0.05, 0.1) is 16.1 Å². The molecule has 1 N–H and O–H groups in total. The molecule has 3 aromatic heterocycles. The molecule has 0 aromatic carbocycles. The number of pyridine rings is 1. The SMILES string of the molecule is Cc1ncccc1CN1CCc2nc(-c3cccs3)[nH]c(=O)c2C1. The summed E-state index contributed by atoms with van der Waals surface area (Å²) in [7, 11) is 0. The van der Waals surface area contributed by atoms with Gasteiger partial charge in [0.25, 0.3) is 5.56 Å². The second kappa shape index (κ2) is 6.30. The van der Waals surface area contributed by atoms with E-state index in [1.54, 1.807) is 11.3 Å². The van der Waals surface area contributed by atoms with E-state index in [1.165, 1.54) is 5.56 Å². The van der Waals surface area contributed by atoms with E-state index in [-0.39, 0.29) is 5.56 Å². The predicted molar refractivity (Wildman–Crippen MR) is 95.0 cm³/mol. The number of nitrogens with zero attached hydrogens (tertiary/aromatic N) is 3. The van der Waals surface area contributed by atoms with E-state index in [2.05, 4.69) is 20.9 Å². The molecule has 1 aliphatic rings. The Balaban J connectivity index is 1.60. The summed E-state index contributed by atoms with van der Waals surface area (Å²) in [5.41, 5.74) is 3.96. The summed E-state index contributed by atoms with van der Waals surface area (Å²) >= 11 is 1.59. The van der Waals surface area contributed by atoms with Crippen LogP contribution in [0.15, 0.2) is 40.6 Å². The van der Waals surface area contributed by atoms with Crippen LogP contribution in [0.4, 0.5) is 0 Å². The van der Waals surface area contributed by atoms with E-state index in [4.69, 9.17) is 4.98 Å². The van der Waals surface area contributed by atoms with E-state index >= 15 is 0 Å². The van der Waals surface area contributed by atoms with Crippen molar-refractivity contribution in [2.24, 2.45) is 0 Å². The maximum Gasteiger partial charge on any atom is 0.255 e. The van der Waals surface area contributed by atoms with Gasteiger partial charge in [-0.1, -0.05) is 12.1 Å². The summed E-state index contributed by atoms with van der Waals surface area (Å²) in [6.07, 6.45) is 2.61.